The maximum atomic E-state index is 5.69. The van der Waals surface area contributed by atoms with Gasteiger partial charge < -0.3 is 14.9 Å². The minimum atomic E-state index is 0.754. The van der Waals surface area contributed by atoms with Gasteiger partial charge in [0, 0.05) is 5.39 Å². The first kappa shape index (κ1) is 12.0. The number of rotatable bonds is 5. The molecule has 0 atom stereocenters. The van der Waals surface area contributed by atoms with Gasteiger partial charge >= 0.3 is 0 Å². The number of hydrogen-bond acceptors (Lipinski definition) is 3. The molecule has 2 rings (SSSR count). The van der Waals surface area contributed by atoms with Gasteiger partial charge in [0.05, 0.1) is 7.11 Å². The molecule has 92 valence electrons. The lowest BCUT2D eigenvalue weighted by molar-refractivity contribution is 0.408. The predicted octanol–water partition coefficient (Wildman–Crippen LogP) is 3.03. The summed E-state index contributed by atoms with van der Waals surface area (Å²) in [6.45, 7) is 2.72. The first-order valence-electron chi connectivity index (χ1n) is 6.02. The van der Waals surface area contributed by atoms with Gasteiger partial charge in [-0.3, -0.25) is 0 Å². The van der Waals surface area contributed by atoms with E-state index < -0.39 is 0 Å². The largest absolute Gasteiger partial charge is 0.493 e. The van der Waals surface area contributed by atoms with Crippen LogP contribution in [0.2, 0.25) is 0 Å². The van der Waals surface area contributed by atoms with Gasteiger partial charge in [0.2, 0.25) is 0 Å². The zero-order valence-corrected chi connectivity index (χ0v) is 10.5. The van der Waals surface area contributed by atoms with E-state index in [0.717, 1.165) is 42.9 Å². The van der Waals surface area contributed by atoms with E-state index in [2.05, 4.69) is 12.1 Å². The number of benzene rings is 1. The van der Waals surface area contributed by atoms with Crippen molar-refractivity contribution in [3.63, 3.8) is 0 Å². The van der Waals surface area contributed by atoms with E-state index in [-0.39, 0.29) is 0 Å². The van der Waals surface area contributed by atoms with E-state index in [9.17, 15) is 0 Å². The first-order valence-corrected chi connectivity index (χ1v) is 6.02. The van der Waals surface area contributed by atoms with Crippen LogP contribution < -0.4 is 10.5 Å². The highest BCUT2D eigenvalue weighted by Gasteiger charge is 2.10. The van der Waals surface area contributed by atoms with Crippen LogP contribution in [0.1, 0.15) is 24.2 Å². The van der Waals surface area contributed by atoms with Gasteiger partial charge in [-0.05, 0) is 50.4 Å². The molecule has 0 bridgehead atoms. The quantitative estimate of drug-likeness (QED) is 0.807. The van der Waals surface area contributed by atoms with Crippen LogP contribution in [0, 0.1) is 6.92 Å². The van der Waals surface area contributed by atoms with Crippen LogP contribution in [0.4, 0.5) is 0 Å². The number of nitrogens with two attached hydrogens (primary N) is 1. The van der Waals surface area contributed by atoms with E-state index >= 15 is 0 Å². The molecule has 0 fully saturated rings. The fourth-order valence-corrected chi connectivity index (χ4v) is 2.12. The smallest absolute Gasteiger partial charge is 0.176 e. The third-order valence-corrected chi connectivity index (χ3v) is 2.98. The van der Waals surface area contributed by atoms with Crippen molar-refractivity contribution in [2.45, 2.75) is 26.2 Å². The maximum absolute atomic E-state index is 5.69. The molecule has 2 aromatic rings. The molecule has 0 aliphatic heterocycles. The summed E-state index contributed by atoms with van der Waals surface area (Å²) in [5, 5.41) is 1.17. The Labute approximate surface area is 102 Å². The summed E-state index contributed by atoms with van der Waals surface area (Å²) in [7, 11) is 1.67. The number of hydrogen-bond donors (Lipinski definition) is 1. The van der Waals surface area contributed by atoms with E-state index in [1.54, 1.807) is 7.11 Å². The molecule has 0 amide bonds. The molecular weight excluding hydrogens is 214 g/mol. The molecule has 17 heavy (non-hydrogen) atoms. The van der Waals surface area contributed by atoms with Crippen LogP contribution in [-0.2, 0) is 6.42 Å². The van der Waals surface area contributed by atoms with E-state index in [4.69, 9.17) is 14.9 Å². The number of fused-ring (bicyclic) bond motifs is 1. The average molecular weight is 233 g/mol. The topological polar surface area (TPSA) is 48.4 Å². The Hall–Kier alpha value is -1.48. The zero-order chi connectivity index (χ0) is 12.3. The minimum Gasteiger partial charge on any atom is -0.493 e. The molecule has 0 aliphatic rings. The maximum Gasteiger partial charge on any atom is 0.176 e. The SMILES string of the molecule is COc1ccc(CCCCN)c2cc(C)oc12. The van der Waals surface area contributed by atoms with Crippen LogP contribution in [0.3, 0.4) is 0 Å². The van der Waals surface area contributed by atoms with Crippen LogP contribution in [0.5, 0.6) is 5.75 Å². The van der Waals surface area contributed by atoms with E-state index in [0.29, 0.717) is 0 Å². The third kappa shape index (κ3) is 2.44. The number of ether oxygens (including phenoxy) is 1. The zero-order valence-electron chi connectivity index (χ0n) is 10.5. The number of methoxy groups -OCH3 is 1. The summed E-state index contributed by atoms with van der Waals surface area (Å²) in [6, 6.07) is 6.17. The van der Waals surface area contributed by atoms with Gasteiger partial charge in [0.1, 0.15) is 5.76 Å². The third-order valence-electron chi connectivity index (χ3n) is 2.98. The summed E-state index contributed by atoms with van der Waals surface area (Å²) in [5.41, 5.74) is 7.68. The number of aryl methyl sites for hydroxylation is 2. The van der Waals surface area contributed by atoms with Crippen molar-refractivity contribution in [2.24, 2.45) is 5.73 Å². The summed E-state index contributed by atoms with van der Waals surface area (Å²) in [6.07, 6.45) is 3.21. The molecule has 1 heterocycles. The minimum absolute atomic E-state index is 0.754. The van der Waals surface area contributed by atoms with Crippen LogP contribution >= 0.6 is 0 Å². The molecule has 0 saturated heterocycles. The van der Waals surface area contributed by atoms with Gasteiger partial charge in [-0.1, -0.05) is 6.07 Å². The van der Waals surface area contributed by atoms with Crippen molar-refractivity contribution in [3.8, 4) is 5.75 Å². The molecule has 1 aromatic carbocycles. The molecule has 1 aromatic heterocycles. The van der Waals surface area contributed by atoms with Gasteiger partial charge in [0.15, 0.2) is 11.3 Å². The normalized spacial score (nSPS) is 11.0. The van der Waals surface area contributed by atoms with Crippen molar-refractivity contribution in [3.05, 3.63) is 29.5 Å². The summed E-state index contributed by atoms with van der Waals surface area (Å²) < 4.78 is 11.0. The van der Waals surface area contributed by atoms with Crippen LogP contribution in [-0.4, -0.2) is 13.7 Å². The summed E-state index contributed by atoms with van der Waals surface area (Å²) in [4.78, 5) is 0. The molecule has 2 N–H and O–H groups in total. The van der Waals surface area contributed by atoms with Gasteiger partial charge in [-0.15, -0.1) is 0 Å². The highest BCUT2D eigenvalue weighted by Crippen LogP contribution is 2.31. The molecule has 0 unspecified atom stereocenters. The van der Waals surface area contributed by atoms with Crippen LogP contribution in [0.15, 0.2) is 22.6 Å². The lowest BCUT2D eigenvalue weighted by Gasteiger charge is -2.05. The Morgan fingerprint density at radius 3 is 2.82 bits per heavy atom. The van der Waals surface area contributed by atoms with Gasteiger partial charge in [-0.2, -0.15) is 0 Å². The highest BCUT2D eigenvalue weighted by atomic mass is 16.5. The van der Waals surface area contributed by atoms with Crippen LogP contribution in [0.25, 0.3) is 11.0 Å². The number of furan rings is 1. The fraction of sp³-hybridized carbons (Fsp3) is 0.429. The molecular formula is C14H19NO2. The monoisotopic (exact) mass is 233 g/mol. The molecule has 0 saturated carbocycles. The lowest BCUT2D eigenvalue weighted by atomic mass is 10.0. The molecule has 0 aliphatic carbocycles. The second-order valence-electron chi connectivity index (χ2n) is 4.27. The Bertz CT molecular complexity index is 502. The van der Waals surface area contributed by atoms with Crippen molar-refractivity contribution >= 4 is 11.0 Å². The second kappa shape index (κ2) is 5.23. The summed E-state index contributed by atoms with van der Waals surface area (Å²) >= 11 is 0. The van der Waals surface area contributed by atoms with Gasteiger partial charge in [-0.25, -0.2) is 0 Å². The van der Waals surface area contributed by atoms with Crippen molar-refractivity contribution in [2.75, 3.05) is 13.7 Å². The molecule has 0 radical (unpaired) electrons. The Balaban J connectivity index is 2.36. The van der Waals surface area contributed by atoms with Gasteiger partial charge in [0.25, 0.3) is 0 Å². The average Bonchev–Trinajstić information content (AvgIpc) is 2.71. The summed E-state index contributed by atoms with van der Waals surface area (Å²) in [5.74, 6) is 1.72. The standard InChI is InChI=1S/C14H19NO2/c1-10-9-12-11(5-3-4-8-15)6-7-13(16-2)14(12)17-10/h6-7,9H,3-5,8,15H2,1-2H3. The Morgan fingerprint density at radius 1 is 1.29 bits per heavy atom. The fourth-order valence-electron chi connectivity index (χ4n) is 2.12. The predicted molar refractivity (Wildman–Crippen MR) is 69.5 cm³/mol. The first-order chi connectivity index (χ1) is 8.26. The highest BCUT2D eigenvalue weighted by molar-refractivity contribution is 5.87. The number of unbranched alkanes of at least 4 members (excludes halogenated alkanes) is 1. The Kier molecular flexibility index (Phi) is 3.69. The molecule has 0 spiro atoms. The molecule has 3 heteroatoms. The van der Waals surface area contributed by atoms with Crippen molar-refractivity contribution < 1.29 is 9.15 Å². The Morgan fingerprint density at radius 2 is 2.12 bits per heavy atom. The van der Waals surface area contributed by atoms with E-state index in [1.165, 1.54) is 10.9 Å². The molecule has 3 nitrogen and oxygen atoms in total. The van der Waals surface area contributed by atoms with Crippen molar-refractivity contribution in [1.82, 2.24) is 0 Å². The van der Waals surface area contributed by atoms with Crippen molar-refractivity contribution in [1.29, 1.82) is 0 Å². The van der Waals surface area contributed by atoms with E-state index in [1.807, 2.05) is 13.0 Å². The lowest BCUT2D eigenvalue weighted by Crippen LogP contribution is -1.99. The second-order valence-corrected chi connectivity index (χ2v) is 4.27.